The second-order valence-electron chi connectivity index (χ2n) is 7.07. The van der Waals surface area contributed by atoms with E-state index in [2.05, 4.69) is 43.3 Å². The van der Waals surface area contributed by atoms with Crippen LogP contribution in [0.15, 0.2) is 101 Å². The van der Waals surface area contributed by atoms with Gasteiger partial charge in [0.1, 0.15) is 5.75 Å². The van der Waals surface area contributed by atoms with Crippen molar-refractivity contribution in [3.8, 4) is 5.75 Å². The molecule has 0 aliphatic carbocycles. The lowest BCUT2D eigenvalue weighted by atomic mass is 10.0. The van der Waals surface area contributed by atoms with Crippen LogP contribution in [-0.2, 0) is 0 Å². The van der Waals surface area contributed by atoms with Gasteiger partial charge in [-0.15, -0.1) is 11.8 Å². The van der Waals surface area contributed by atoms with Gasteiger partial charge in [0, 0.05) is 22.4 Å². The summed E-state index contributed by atoms with van der Waals surface area (Å²) in [6.45, 7) is 2.25. The van der Waals surface area contributed by atoms with E-state index in [-0.39, 0.29) is 5.75 Å². The molecule has 0 spiro atoms. The number of thioether (sulfide) groups is 1. The molecule has 0 fully saturated rings. The van der Waals surface area contributed by atoms with Gasteiger partial charge in [-0.2, -0.15) is 0 Å². The van der Waals surface area contributed by atoms with Gasteiger partial charge in [0.25, 0.3) is 0 Å². The number of phenols is 1. The van der Waals surface area contributed by atoms with Gasteiger partial charge in [-0.3, -0.25) is 4.99 Å². The number of nitrogens with zero attached hydrogens (tertiary/aromatic N) is 1. The summed E-state index contributed by atoms with van der Waals surface area (Å²) in [6, 6.07) is 30.5. The van der Waals surface area contributed by atoms with Gasteiger partial charge in [-0.25, -0.2) is 0 Å². The Bertz CT molecular complexity index is 1140. The topological polar surface area (TPSA) is 32.6 Å². The first-order valence-corrected chi connectivity index (χ1v) is 10.7. The van der Waals surface area contributed by atoms with Gasteiger partial charge >= 0.3 is 0 Å². The Hall–Kier alpha value is -3.04. The van der Waals surface area contributed by atoms with Crippen molar-refractivity contribution in [3.05, 3.63) is 102 Å². The molecule has 0 bridgehead atoms. The molecule has 0 aromatic heterocycles. The second-order valence-corrected chi connectivity index (χ2v) is 8.13. The van der Waals surface area contributed by atoms with E-state index in [1.807, 2.05) is 60.3 Å². The monoisotopic (exact) mass is 397 g/mol. The molecule has 0 aliphatic heterocycles. The van der Waals surface area contributed by atoms with Crippen molar-refractivity contribution in [2.75, 3.05) is 5.75 Å². The smallest absolute Gasteiger partial charge is 0.124 e. The number of benzene rings is 4. The van der Waals surface area contributed by atoms with Crippen LogP contribution in [0.25, 0.3) is 10.8 Å². The fourth-order valence-corrected chi connectivity index (χ4v) is 4.40. The first-order valence-electron chi connectivity index (χ1n) is 9.74. The van der Waals surface area contributed by atoms with Gasteiger partial charge in [-0.05, 0) is 40.5 Å². The van der Waals surface area contributed by atoms with Gasteiger partial charge < -0.3 is 5.11 Å². The normalized spacial score (nSPS) is 12.4. The molecule has 29 heavy (non-hydrogen) atoms. The maximum atomic E-state index is 10.4. The quantitative estimate of drug-likeness (QED) is 0.276. The van der Waals surface area contributed by atoms with Crippen LogP contribution in [0, 0.1) is 0 Å². The lowest BCUT2D eigenvalue weighted by molar-refractivity contribution is 0.475. The third-order valence-corrected chi connectivity index (χ3v) is 6.33. The maximum absolute atomic E-state index is 10.4. The molecule has 144 valence electrons. The SMILES string of the molecule is CC(CSc1ccccc1/N=C/c1c(O)ccc2ccccc12)c1ccccc1. The summed E-state index contributed by atoms with van der Waals surface area (Å²) in [5.74, 6) is 1.69. The van der Waals surface area contributed by atoms with Crippen molar-refractivity contribution in [1.29, 1.82) is 0 Å². The van der Waals surface area contributed by atoms with E-state index in [1.54, 1.807) is 12.3 Å². The first-order chi connectivity index (χ1) is 14.2. The number of hydrogen-bond donors (Lipinski definition) is 1. The summed E-state index contributed by atoms with van der Waals surface area (Å²) in [5.41, 5.74) is 3.02. The van der Waals surface area contributed by atoms with E-state index in [1.165, 1.54) is 5.56 Å². The Balaban J connectivity index is 1.57. The van der Waals surface area contributed by atoms with E-state index in [0.717, 1.165) is 32.7 Å². The fourth-order valence-electron chi connectivity index (χ4n) is 3.33. The molecule has 4 aromatic rings. The van der Waals surface area contributed by atoms with Gasteiger partial charge in [0.15, 0.2) is 0 Å². The van der Waals surface area contributed by atoms with Crippen molar-refractivity contribution >= 4 is 34.4 Å². The van der Waals surface area contributed by atoms with E-state index >= 15 is 0 Å². The molecule has 0 saturated heterocycles. The van der Waals surface area contributed by atoms with E-state index in [0.29, 0.717) is 5.92 Å². The molecule has 2 nitrogen and oxygen atoms in total. The van der Waals surface area contributed by atoms with Crippen LogP contribution in [0.5, 0.6) is 5.75 Å². The third-order valence-electron chi connectivity index (χ3n) is 5.00. The molecule has 4 aromatic carbocycles. The van der Waals surface area contributed by atoms with Crippen LogP contribution in [0.4, 0.5) is 5.69 Å². The minimum absolute atomic E-state index is 0.246. The third kappa shape index (κ3) is 4.52. The summed E-state index contributed by atoms with van der Waals surface area (Å²) >= 11 is 1.82. The van der Waals surface area contributed by atoms with Crippen molar-refractivity contribution < 1.29 is 5.11 Å². The Kier molecular flexibility index (Phi) is 5.97. The molecule has 0 saturated carbocycles. The zero-order valence-corrected chi connectivity index (χ0v) is 17.1. The Morgan fingerprint density at radius 2 is 1.59 bits per heavy atom. The molecule has 0 aliphatic rings. The molecule has 4 rings (SSSR count). The number of aromatic hydroxyl groups is 1. The molecule has 1 N–H and O–H groups in total. The molecule has 3 heteroatoms. The zero-order chi connectivity index (χ0) is 20.1. The molecular formula is C26H23NOS. The van der Waals surface area contributed by atoms with Crippen LogP contribution >= 0.6 is 11.8 Å². The molecule has 0 amide bonds. The number of fused-ring (bicyclic) bond motifs is 1. The van der Waals surface area contributed by atoms with Gasteiger partial charge in [-0.1, -0.05) is 79.7 Å². The Morgan fingerprint density at radius 1 is 0.862 bits per heavy atom. The predicted octanol–water partition coefficient (Wildman–Crippen LogP) is 7.19. The van der Waals surface area contributed by atoms with Crippen LogP contribution in [0.3, 0.4) is 0 Å². The Morgan fingerprint density at radius 3 is 2.45 bits per heavy atom. The summed E-state index contributed by atoms with van der Waals surface area (Å²) in [6.07, 6.45) is 1.78. The van der Waals surface area contributed by atoms with E-state index in [9.17, 15) is 5.11 Å². The maximum Gasteiger partial charge on any atom is 0.124 e. The highest BCUT2D eigenvalue weighted by molar-refractivity contribution is 7.99. The summed E-state index contributed by atoms with van der Waals surface area (Å²) in [4.78, 5) is 5.88. The van der Waals surface area contributed by atoms with Crippen molar-refractivity contribution in [2.45, 2.75) is 17.7 Å². The zero-order valence-electron chi connectivity index (χ0n) is 16.3. The van der Waals surface area contributed by atoms with Crippen LogP contribution in [-0.4, -0.2) is 17.1 Å². The van der Waals surface area contributed by atoms with Gasteiger partial charge in [0.05, 0.1) is 5.69 Å². The number of hydrogen-bond acceptors (Lipinski definition) is 3. The highest BCUT2D eigenvalue weighted by Gasteiger charge is 2.09. The van der Waals surface area contributed by atoms with Crippen molar-refractivity contribution in [2.24, 2.45) is 4.99 Å². The standard InChI is InChI=1S/C26H23NOS/c1-19(20-9-3-2-4-10-20)18-29-26-14-8-7-13-24(26)27-17-23-22-12-6-5-11-21(22)15-16-25(23)28/h2-17,19,28H,18H2,1H3/b27-17+. The first kappa shape index (κ1) is 19.3. The van der Waals surface area contributed by atoms with Gasteiger partial charge in [0.2, 0.25) is 0 Å². The van der Waals surface area contributed by atoms with Crippen LogP contribution in [0.1, 0.15) is 24.0 Å². The molecule has 1 unspecified atom stereocenters. The Labute approximate surface area is 175 Å². The van der Waals surface area contributed by atoms with Crippen LogP contribution < -0.4 is 0 Å². The lowest BCUT2D eigenvalue weighted by Crippen LogP contribution is -1.96. The lowest BCUT2D eigenvalue weighted by Gasteiger charge is -2.12. The molecule has 1 atom stereocenters. The van der Waals surface area contributed by atoms with E-state index in [4.69, 9.17) is 4.99 Å². The van der Waals surface area contributed by atoms with Crippen LogP contribution in [0.2, 0.25) is 0 Å². The number of rotatable bonds is 6. The summed E-state index contributed by atoms with van der Waals surface area (Å²) in [5, 5.41) is 12.4. The summed E-state index contributed by atoms with van der Waals surface area (Å²) in [7, 11) is 0. The predicted molar refractivity (Wildman–Crippen MR) is 125 cm³/mol. The molecule has 0 heterocycles. The van der Waals surface area contributed by atoms with E-state index < -0.39 is 0 Å². The van der Waals surface area contributed by atoms with Crippen molar-refractivity contribution in [1.82, 2.24) is 0 Å². The fraction of sp³-hybridized carbons (Fsp3) is 0.115. The highest BCUT2D eigenvalue weighted by atomic mass is 32.2. The second kappa shape index (κ2) is 8.97. The number of aliphatic imine (C=N–C) groups is 1. The average molecular weight is 398 g/mol. The van der Waals surface area contributed by atoms with Crippen molar-refractivity contribution in [3.63, 3.8) is 0 Å². The average Bonchev–Trinajstić information content (AvgIpc) is 2.78. The summed E-state index contributed by atoms with van der Waals surface area (Å²) < 4.78 is 0. The highest BCUT2D eigenvalue weighted by Crippen LogP contribution is 2.33. The number of phenolic OH excluding ortho intramolecular Hbond substituents is 1. The minimum Gasteiger partial charge on any atom is -0.507 e. The molecular weight excluding hydrogens is 374 g/mol. The molecule has 0 radical (unpaired) electrons. The largest absolute Gasteiger partial charge is 0.507 e. The number of para-hydroxylation sites is 1. The minimum atomic E-state index is 0.246.